The minimum atomic E-state index is 0.148. The minimum Gasteiger partial charge on any atom is -0.373 e. The molecule has 110 valence electrons. The molecule has 0 aliphatic carbocycles. The fourth-order valence-electron chi connectivity index (χ4n) is 2.79. The summed E-state index contributed by atoms with van der Waals surface area (Å²) in [4.78, 5) is 19.3. The SMILES string of the molecule is CCC1CCCN1C(=O)c1cc(NC)nc(C(C)C)c1. The van der Waals surface area contributed by atoms with Crippen LogP contribution in [0.3, 0.4) is 0 Å². The second-order valence-corrected chi connectivity index (χ2v) is 5.77. The van der Waals surface area contributed by atoms with E-state index >= 15 is 0 Å². The summed E-state index contributed by atoms with van der Waals surface area (Å²) in [5.74, 6) is 1.23. The first-order valence-electron chi connectivity index (χ1n) is 7.57. The summed E-state index contributed by atoms with van der Waals surface area (Å²) < 4.78 is 0. The number of carbonyl (C=O) groups is 1. The van der Waals surface area contributed by atoms with Gasteiger partial charge in [-0.1, -0.05) is 20.8 Å². The third kappa shape index (κ3) is 2.94. The predicted molar refractivity (Wildman–Crippen MR) is 82.2 cm³/mol. The molecule has 1 N–H and O–H groups in total. The molecular weight excluding hydrogens is 250 g/mol. The van der Waals surface area contributed by atoms with Crippen molar-refractivity contribution >= 4 is 11.7 Å². The number of amides is 1. The van der Waals surface area contributed by atoms with Gasteiger partial charge in [0.25, 0.3) is 5.91 Å². The second-order valence-electron chi connectivity index (χ2n) is 5.77. The summed E-state index contributed by atoms with van der Waals surface area (Å²) in [5, 5.41) is 3.05. The zero-order valence-corrected chi connectivity index (χ0v) is 12.9. The Balaban J connectivity index is 2.31. The van der Waals surface area contributed by atoms with E-state index in [1.165, 1.54) is 0 Å². The van der Waals surface area contributed by atoms with E-state index in [0.29, 0.717) is 12.0 Å². The van der Waals surface area contributed by atoms with Gasteiger partial charge in [-0.3, -0.25) is 4.79 Å². The monoisotopic (exact) mass is 275 g/mol. The van der Waals surface area contributed by atoms with E-state index < -0.39 is 0 Å². The maximum absolute atomic E-state index is 12.7. The van der Waals surface area contributed by atoms with Crippen molar-refractivity contribution in [3.8, 4) is 0 Å². The molecular formula is C16H25N3O. The molecule has 2 heterocycles. The van der Waals surface area contributed by atoms with Crippen LogP contribution in [-0.4, -0.2) is 35.4 Å². The highest BCUT2D eigenvalue weighted by Crippen LogP contribution is 2.24. The number of nitrogens with zero attached hydrogens (tertiary/aromatic N) is 2. The van der Waals surface area contributed by atoms with Gasteiger partial charge in [-0.05, 0) is 37.3 Å². The van der Waals surface area contributed by atoms with Crippen LogP contribution in [0.1, 0.15) is 62.0 Å². The van der Waals surface area contributed by atoms with Crippen LogP contribution in [0.5, 0.6) is 0 Å². The van der Waals surface area contributed by atoms with Crippen molar-refractivity contribution in [2.45, 2.75) is 52.0 Å². The number of aromatic nitrogens is 1. The molecule has 4 nitrogen and oxygen atoms in total. The molecule has 0 saturated carbocycles. The molecule has 0 radical (unpaired) electrons. The first kappa shape index (κ1) is 14.8. The number of hydrogen-bond donors (Lipinski definition) is 1. The Bertz CT molecular complexity index is 485. The molecule has 1 aliphatic rings. The summed E-state index contributed by atoms with van der Waals surface area (Å²) in [6.45, 7) is 7.23. The van der Waals surface area contributed by atoms with Crippen LogP contribution in [0.2, 0.25) is 0 Å². The van der Waals surface area contributed by atoms with Gasteiger partial charge in [0.1, 0.15) is 5.82 Å². The van der Waals surface area contributed by atoms with Gasteiger partial charge in [0.15, 0.2) is 0 Å². The lowest BCUT2D eigenvalue weighted by Gasteiger charge is -2.24. The van der Waals surface area contributed by atoms with E-state index in [9.17, 15) is 4.79 Å². The van der Waals surface area contributed by atoms with Crippen LogP contribution in [0.15, 0.2) is 12.1 Å². The largest absolute Gasteiger partial charge is 0.373 e. The number of anilines is 1. The first-order valence-corrected chi connectivity index (χ1v) is 7.57. The summed E-state index contributed by atoms with van der Waals surface area (Å²) in [5.41, 5.74) is 1.72. The Kier molecular flexibility index (Phi) is 4.63. The van der Waals surface area contributed by atoms with Gasteiger partial charge in [-0.2, -0.15) is 0 Å². The smallest absolute Gasteiger partial charge is 0.254 e. The number of likely N-dealkylation sites (tertiary alicyclic amines) is 1. The van der Waals surface area contributed by atoms with Crippen molar-refractivity contribution in [2.24, 2.45) is 0 Å². The van der Waals surface area contributed by atoms with Crippen LogP contribution in [0.25, 0.3) is 0 Å². The molecule has 0 aromatic carbocycles. The van der Waals surface area contributed by atoms with Crippen LogP contribution < -0.4 is 5.32 Å². The molecule has 1 amide bonds. The average molecular weight is 275 g/mol. The third-order valence-electron chi connectivity index (χ3n) is 4.05. The Morgan fingerprint density at radius 2 is 2.25 bits per heavy atom. The molecule has 2 rings (SSSR count). The van der Waals surface area contributed by atoms with Gasteiger partial charge in [-0.15, -0.1) is 0 Å². The Morgan fingerprint density at radius 3 is 2.85 bits per heavy atom. The van der Waals surface area contributed by atoms with E-state index in [-0.39, 0.29) is 5.91 Å². The van der Waals surface area contributed by atoms with Crippen molar-refractivity contribution in [3.05, 3.63) is 23.4 Å². The van der Waals surface area contributed by atoms with Crippen molar-refractivity contribution in [1.82, 2.24) is 9.88 Å². The first-order chi connectivity index (χ1) is 9.56. The molecule has 1 saturated heterocycles. The lowest BCUT2D eigenvalue weighted by molar-refractivity contribution is 0.0733. The van der Waals surface area contributed by atoms with Crippen LogP contribution in [-0.2, 0) is 0 Å². The number of carbonyl (C=O) groups excluding carboxylic acids is 1. The fourth-order valence-corrected chi connectivity index (χ4v) is 2.79. The van der Waals surface area contributed by atoms with Gasteiger partial charge in [0.05, 0.1) is 0 Å². The van der Waals surface area contributed by atoms with E-state index in [1.807, 2.05) is 24.1 Å². The number of hydrogen-bond acceptors (Lipinski definition) is 3. The highest BCUT2D eigenvalue weighted by atomic mass is 16.2. The number of rotatable bonds is 4. The van der Waals surface area contributed by atoms with Gasteiger partial charge in [-0.25, -0.2) is 4.98 Å². The van der Waals surface area contributed by atoms with Gasteiger partial charge in [0, 0.05) is 30.9 Å². The summed E-state index contributed by atoms with van der Waals surface area (Å²) in [6.07, 6.45) is 3.28. The van der Waals surface area contributed by atoms with E-state index in [0.717, 1.165) is 42.9 Å². The maximum atomic E-state index is 12.7. The molecule has 0 spiro atoms. The van der Waals surface area contributed by atoms with Crippen molar-refractivity contribution in [2.75, 3.05) is 18.9 Å². The molecule has 1 unspecified atom stereocenters. The maximum Gasteiger partial charge on any atom is 0.254 e. The van der Waals surface area contributed by atoms with Crippen molar-refractivity contribution < 1.29 is 4.79 Å². The highest BCUT2D eigenvalue weighted by molar-refractivity contribution is 5.95. The molecule has 1 atom stereocenters. The van der Waals surface area contributed by atoms with E-state index in [1.54, 1.807) is 0 Å². The van der Waals surface area contributed by atoms with Crippen LogP contribution in [0.4, 0.5) is 5.82 Å². The zero-order valence-electron chi connectivity index (χ0n) is 12.9. The third-order valence-corrected chi connectivity index (χ3v) is 4.05. The van der Waals surface area contributed by atoms with Gasteiger partial charge < -0.3 is 10.2 Å². The van der Waals surface area contributed by atoms with Crippen molar-refractivity contribution in [3.63, 3.8) is 0 Å². The second kappa shape index (κ2) is 6.25. The molecule has 1 fully saturated rings. The van der Waals surface area contributed by atoms with Gasteiger partial charge in [0.2, 0.25) is 0 Å². The minimum absolute atomic E-state index is 0.148. The molecule has 1 aromatic heterocycles. The molecule has 1 aliphatic heterocycles. The highest BCUT2D eigenvalue weighted by Gasteiger charge is 2.28. The quantitative estimate of drug-likeness (QED) is 0.917. The summed E-state index contributed by atoms with van der Waals surface area (Å²) in [7, 11) is 1.84. The lowest BCUT2D eigenvalue weighted by Crippen LogP contribution is -2.35. The molecule has 0 bridgehead atoms. The standard InChI is InChI=1S/C16H25N3O/c1-5-13-7-6-8-19(13)16(20)12-9-14(11(2)3)18-15(10-12)17-4/h9-11,13H,5-8H2,1-4H3,(H,17,18). The predicted octanol–water partition coefficient (Wildman–Crippen LogP) is 3.26. The van der Waals surface area contributed by atoms with Crippen LogP contribution in [0, 0.1) is 0 Å². The average Bonchev–Trinajstić information content (AvgIpc) is 2.94. The van der Waals surface area contributed by atoms with Crippen molar-refractivity contribution in [1.29, 1.82) is 0 Å². The Morgan fingerprint density at radius 1 is 1.50 bits per heavy atom. The Labute approximate surface area is 121 Å². The topological polar surface area (TPSA) is 45.2 Å². The molecule has 4 heteroatoms. The number of nitrogens with one attached hydrogen (secondary N) is 1. The summed E-state index contributed by atoms with van der Waals surface area (Å²) >= 11 is 0. The Hall–Kier alpha value is -1.58. The lowest BCUT2D eigenvalue weighted by atomic mass is 10.1. The molecule has 1 aromatic rings. The number of pyridine rings is 1. The van der Waals surface area contributed by atoms with Crippen LogP contribution >= 0.6 is 0 Å². The van der Waals surface area contributed by atoms with Gasteiger partial charge >= 0.3 is 0 Å². The molecule has 20 heavy (non-hydrogen) atoms. The normalized spacial score (nSPS) is 18.6. The van der Waals surface area contributed by atoms with E-state index in [4.69, 9.17) is 0 Å². The van der Waals surface area contributed by atoms with E-state index in [2.05, 4.69) is 31.1 Å². The summed E-state index contributed by atoms with van der Waals surface area (Å²) in [6, 6.07) is 4.20. The fraction of sp³-hybridized carbons (Fsp3) is 0.625. The zero-order chi connectivity index (χ0) is 14.7.